The maximum absolute atomic E-state index is 14.7. The van der Waals surface area contributed by atoms with Gasteiger partial charge in [0.05, 0.1) is 16.3 Å². The number of rotatable bonds is 6. The van der Waals surface area contributed by atoms with Gasteiger partial charge in [0.1, 0.15) is 11.4 Å². The van der Waals surface area contributed by atoms with Gasteiger partial charge in [-0.3, -0.25) is 4.98 Å². The molecule has 37 heavy (non-hydrogen) atoms. The minimum atomic E-state index is -4.78. The second kappa shape index (κ2) is 9.97. The number of urea groups is 1. The average Bonchev–Trinajstić information content (AvgIpc) is 3.47. The first kappa shape index (κ1) is 25.5. The van der Waals surface area contributed by atoms with E-state index in [0.29, 0.717) is 22.9 Å². The van der Waals surface area contributed by atoms with Gasteiger partial charge in [-0.1, -0.05) is 48.4 Å². The molecule has 4 nitrogen and oxygen atoms in total. The lowest BCUT2D eigenvalue weighted by Gasteiger charge is -2.36. The summed E-state index contributed by atoms with van der Waals surface area (Å²) in [5.41, 5.74) is -1.87. The highest BCUT2D eigenvalue weighted by molar-refractivity contribution is 6.30. The van der Waals surface area contributed by atoms with Crippen LogP contribution in [0.1, 0.15) is 48.1 Å². The normalized spacial score (nSPS) is 22.5. The van der Waals surface area contributed by atoms with Gasteiger partial charge in [0.25, 0.3) is 0 Å². The van der Waals surface area contributed by atoms with Gasteiger partial charge in [0.15, 0.2) is 0 Å². The van der Waals surface area contributed by atoms with E-state index in [2.05, 4.69) is 15.6 Å². The number of benzene rings is 2. The van der Waals surface area contributed by atoms with Gasteiger partial charge >= 0.3 is 12.2 Å². The van der Waals surface area contributed by atoms with Crippen LogP contribution in [0.5, 0.6) is 0 Å². The lowest BCUT2D eigenvalue weighted by Crippen LogP contribution is -2.55. The molecule has 194 valence electrons. The fraction of sp³-hybridized carbons (Fsp3) is 0.357. The molecule has 2 N–H and O–H groups in total. The van der Waals surface area contributed by atoms with Crippen LogP contribution in [0.2, 0.25) is 5.02 Å². The van der Waals surface area contributed by atoms with E-state index in [1.54, 1.807) is 36.4 Å². The van der Waals surface area contributed by atoms with Crippen molar-refractivity contribution >= 4 is 17.6 Å². The zero-order valence-electron chi connectivity index (χ0n) is 19.9. The summed E-state index contributed by atoms with van der Waals surface area (Å²) in [4.78, 5) is 17.9. The van der Waals surface area contributed by atoms with Crippen LogP contribution in [0.15, 0.2) is 66.9 Å². The summed E-state index contributed by atoms with van der Waals surface area (Å²) in [6.45, 7) is 0. The molecule has 2 aromatic carbocycles. The Morgan fingerprint density at radius 3 is 2.38 bits per heavy atom. The van der Waals surface area contributed by atoms with Gasteiger partial charge in [0, 0.05) is 18.7 Å². The number of hydrogen-bond donors (Lipinski definition) is 2. The molecule has 0 saturated heterocycles. The first-order valence-electron chi connectivity index (χ1n) is 12.3. The van der Waals surface area contributed by atoms with Crippen LogP contribution < -0.4 is 10.6 Å². The number of aromatic nitrogens is 1. The minimum Gasteiger partial charge on any atom is -0.335 e. The minimum absolute atomic E-state index is 0.00963. The molecular formula is C28H26ClF4N3O. The van der Waals surface area contributed by atoms with E-state index in [1.165, 1.54) is 6.20 Å². The van der Waals surface area contributed by atoms with Gasteiger partial charge in [0.2, 0.25) is 0 Å². The molecule has 1 aromatic heterocycles. The molecule has 2 aliphatic carbocycles. The van der Waals surface area contributed by atoms with Crippen molar-refractivity contribution in [2.24, 2.45) is 11.8 Å². The number of halogens is 5. The lowest BCUT2D eigenvalue weighted by molar-refractivity contribution is -0.137. The molecule has 1 heterocycles. The average molecular weight is 532 g/mol. The number of carbonyl (C=O) groups is 1. The standard InChI is InChI=1S/C28H26ClF4N3O/c29-22-8-9-25(34-16-22)27(15-17-4-2-1-3-5-17,20-12-21(28(31,32)33)14-23(30)13-20)36-26(37)35-24-11-18-6-7-19(24)10-18/h1-5,8-9,12-14,16,18-19,24H,6-7,10-11,15H2,(H2,35,36,37). The largest absolute Gasteiger partial charge is 0.416 e. The van der Waals surface area contributed by atoms with E-state index in [-0.39, 0.29) is 23.7 Å². The molecule has 2 bridgehead atoms. The van der Waals surface area contributed by atoms with E-state index >= 15 is 0 Å². The van der Waals surface area contributed by atoms with E-state index < -0.39 is 29.1 Å². The predicted octanol–water partition coefficient (Wildman–Crippen LogP) is 6.87. The van der Waals surface area contributed by atoms with Crippen LogP contribution in [0, 0.1) is 17.7 Å². The second-order valence-electron chi connectivity index (χ2n) is 10.0. The fourth-order valence-corrected chi connectivity index (χ4v) is 5.98. The zero-order valence-corrected chi connectivity index (χ0v) is 20.6. The summed E-state index contributed by atoms with van der Waals surface area (Å²) in [5, 5.41) is 6.29. The Balaban J connectivity index is 1.62. The number of alkyl halides is 3. The first-order valence-corrected chi connectivity index (χ1v) is 12.6. The number of carbonyl (C=O) groups excluding carboxylic acids is 1. The Morgan fingerprint density at radius 1 is 1.00 bits per heavy atom. The van der Waals surface area contributed by atoms with Crippen LogP contribution in [0.4, 0.5) is 22.4 Å². The maximum Gasteiger partial charge on any atom is 0.416 e. The highest BCUT2D eigenvalue weighted by atomic mass is 35.5. The number of fused-ring (bicyclic) bond motifs is 2. The molecule has 2 aliphatic rings. The summed E-state index contributed by atoms with van der Waals surface area (Å²) in [5.74, 6) is -0.0923. The van der Waals surface area contributed by atoms with Crippen molar-refractivity contribution in [3.8, 4) is 0 Å². The summed E-state index contributed by atoms with van der Waals surface area (Å²) < 4.78 is 55.9. The molecule has 9 heteroatoms. The first-order chi connectivity index (χ1) is 17.6. The van der Waals surface area contributed by atoms with Crippen molar-refractivity contribution in [1.82, 2.24) is 15.6 Å². The molecule has 2 amide bonds. The van der Waals surface area contributed by atoms with E-state index in [1.807, 2.05) is 6.07 Å². The Hall–Kier alpha value is -3.13. The number of amides is 2. The molecular weight excluding hydrogens is 506 g/mol. The third-order valence-electron chi connectivity index (χ3n) is 7.58. The van der Waals surface area contributed by atoms with Crippen LogP contribution in [0.25, 0.3) is 0 Å². The summed E-state index contributed by atoms with van der Waals surface area (Å²) >= 11 is 6.06. The number of nitrogens with zero attached hydrogens (tertiary/aromatic N) is 1. The third-order valence-corrected chi connectivity index (χ3v) is 7.80. The van der Waals surface area contributed by atoms with E-state index in [9.17, 15) is 22.4 Å². The quantitative estimate of drug-likeness (QED) is 0.341. The highest BCUT2D eigenvalue weighted by Gasteiger charge is 2.43. The zero-order chi connectivity index (χ0) is 26.2. The van der Waals surface area contributed by atoms with Crippen LogP contribution >= 0.6 is 11.6 Å². The molecule has 2 fully saturated rings. The molecule has 3 aromatic rings. The third kappa shape index (κ3) is 5.44. The Labute approximate surface area is 217 Å². The number of nitrogens with one attached hydrogen (secondary N) is 2. The molecule has 0 aliphatic heterocycles. The monoisotopic (exact) mass is 531 g/mol. The molecule has 4 atom stereocenters. The molecule has 0 radical (unpaired) electrons. The SMILES string of the molecule is O=C(NC1CC2CCC1C2)NC(Cc1ccccc1)(c1cc(F)cc(C(F)(F)F)c1)c1ccc(Cl)cn1. The molecule has 5 rings (SSSR count). The van der Waals surface area contributed by atoms with E-state index in [0.717, 1.165) is 43.4 Å². The van der Waals surface area contributed by atoms with Crippen molar-refractivity contribution < 1.29 is 22.4 Å². The maximum atomic E-state index is 14.7. The van der Waals surface area contributed by atoms with Crippen molar-refractivity contribution in [3.05, 3.63) is 100 Å². The van der Waals surface area contributed by atoms with Gasteiger partial charge in [-0.05, 0) is 72.6 Å². The highest BCUT2D eigenvalue weighted by Crippen LogP contribution is 2.44. The van der Waals surface area contributed by atoms with Crippen LogP contribution in [-0.4, -0.2) is 17.1 Å². The smallest absolute Gasteiger partial charge is 0.335 e. The second-order valence-corrected chi connectivity index (χ2v) is 10.5. The summed E-state index contributed by atoms with van der Waals surface area (Å²) in [7, 11) is 0. The van der Waals surface area contributed by atoms with Crippen molar-refractivity contribution in [1.29, 1.82) is 0 Å². The van der Waals surface area contributed by atoms with Gasteiger partial charge in [-0.25, -0.2) is 9.18 Å². The predicted molar refractivity (Wildman–Crippen MR) is 132 cm³/mol. The number of hydrogen-bond acceptors (Lipinski definition) is 2. The molecule has 0 spiro atoms. The van der Waals surface area contributed by atoms with Gasteiger partial charge < -0.3 is 10.6 Å². The van der Waals surface area contributed by atoms with Crippen molar-refractivity contribution in [3.63, 3.8) is 0 Å². The molecule has 2 saturated carbocycles. The molecule has 4 unspecified atom stereocenters. The van der Waals surface area contributed by atoms with Gasteiger partial charge in [-0.15, -0.1) is 0 Å². The van der Waals surface area contributed by atoms with Crippen molar-refractivity contribution in [2.45, 2.75) is 49.9 Å². The Morgan fingerprint density at radius 2 is 1.76 bits per heavy atom. The summed E-state index contributed by atoms with van der Waals surface area (Å²) in [6.07, 6.45) is 0.749. The number of pyridine rings is 1. The lowest BCUT2D eigenvalue weighted by atomic mass is 9.79. The topological polar surface area (TPSA) is 54.0 Å². The Kier molecular flexibility index (Phi) is 6.88. The Bertz CT molecular complexity index is 1270. The van der Waals surface area contributed by atoms with E-state index in [4.69, 9.17) is 11.6 Å². The van der Waals surface area contributed by atoms with Crippen molar-refractivity contribution in [2.75, 3.05) is 0 Å². The van der Waals surface area contributed by atoms with Crippen LogP contribution in [0.3, 0.4) is 0 Å². The van der Waals surface area contributed by atoms with Gasteiger partial charge in [-0.2, -0.15) is 13.2 Å². The fourth-order valence-electron chi connectivity index (χ4n) is 5.87. The summed E-state index contributed by atoms with van der Waals surface area (Å²) in [6, 6.07) is 13.9. The van der Waals surface area contributed by atoms with Crippen LogP contribution in [-0.2, 0) is 18.1 Å².